The fraction of sp³-hybridized carbons (Fsp3) is 0.211. The standard InChI is InChI=1S/C19H21NO3/c1-13-5-7-16(11-14(13)2)20-10-9-17(21)15-6-8-18(22-3)19(12-15)23-4/h5-12,20H,1-4H3/b10-9-. The van der Waals surface area contributed by atoms with Gasteiger partial charge in [-0.15, -0.1) is 0 Å². The predicted molar refractivity (Wildman–Crippen MR) is 92.6 cm³/mol. The highest BCUT2D eigenvalue weighted by Gasteiger charge is 2.08. The van der Waals surface area contributed by atoms with E-state index >= 15 is 0 Å². The molecular weight excluding hydrogens is 290 g/mol. The van der Waals surface area contributed by atoms with E-state index in [-0.39, 0.29) is 5.78 Å². The highest BCUT2D eigenvalue weighted by molar-refractivity contribution is 6.05. The van der Waals surface area contributed by atoms with E-state index in [2.05, 4.69) is 19.2 Å². The molecule has 0 unspecified atom stereocenters. The molecule has 0 spiro atoms. The third-order valence-corrected chi connectivity index (χ3v) is 3.66. The van der Waals surface area contributed by atoms with Crippen LogP contribution in [0.2, 0.25) is 0 Å². The second-order valence-corrected chi connectivity index (χ2v) is 5.21. The largest absolute Gasteiger partial charge is 0.493 e. The van der Waals surface area contributed by atoms with Gasteiger partial charge in [0.05, 0.1) is 14.2 Å². The van der Waals surface area contributed by atoms with Gasteiger partial charge in [0, 0.05) is 23.5 Å². The summed E-state index contributed by atoms with van der Waals surface area (Å²) in [6, 6.07) is 11.2. The van der Waals surface area contributed by atoms with Crippen molar-refractivity contribution in [2.45, 2.75) is 13.8 Å². The molecule has 23 heavy (non-hydrogen) atoms. The van der Waals surface area contributed by atoms with Crippen LogP contribution in [-0.2, 0) is 0 Å². The van der Waals surface area contributed by atoms with Crippen molar-refractivity contribution in [2.24, 2.45) is 0 Å². The van der Waals surface area contributed by atoms with Gasteiger partial charge in [-0.25, -0.2) is 0 Å². The Kier molecular flexibility index (Phi) is 5.41. The number of allylic oxidation sites excluding steroid dienone is 1. The second-order valence-electron chi connectivity index (χ2n) is 5.21. The number of benzene rings is 2. The number of carbonyl (C=O) groups is 1. The van der Waals surface area contributed by atoms with Gasteiger partial charge in [-0.1, -0.05) is 6.07 Å². The van der Waals surface area contributed by atoms with E-state index in [9.17, 15) is 4.79 Å². The minimum Gasteiger partial charge on any atom is -0.493 e. The van der Waals surface area contributed by atoms with Gasteiger partial charge in [0.2, 0.25) is 0 Å². The van der Waals surface area contributed by atoms with Gasteiger partial charge in [-0.3, -0.25) is 4.79 Å². The number of hydrogen-bond acceptors (Lipinski definition) is 4. The first-order valence-corrected chi connectivity index (χ1v) is 7.32. The Balaban J connectivity index is 2.07. The Morgan fingerprint density at radius 1 is 0.957 bits per heavy atom. The quantitative estimate of drug-likeness (QED) is 0.643. The van der Waals surface area contributed by atoms with Gasteiger partial charge >= 0.3 is 0 Å². The molecule has 0 aliphatic heterocycles. The number of carbonyl (C=O) groups excluding carboxylic acids is 1. The SMILES string of the molecule is COc1ccc(C(=O)/C=C\Nc2ccc(C)c(C)c2)cc1OC. The van der Waals surface area contributed by atoms with Crippen LogP contribution in [0.5, 0.6) is 11.5 Å². The average Bonchev–Trinajstić information content (AvgIpc) is 2.57. The van der Waals surface area contributed by atoms with E-state index < -0.39 is 0 Å². The van der Waals surface area contributed by atoms with Crippen molar-refractivity contribution < 1.29 is 14.3 Å². The molecule has 0 radical (unpaired) electrons. The molecule has 0 aliphatic rings. The van der Waals surface area contributed by atoms with Crippen LogP contribution in [0.3, 0.4) is 0 Å². The van der Waals surface area contributed by atoms with E-state index in [1.165, 1.54) is 17.2 Å². The Hall–Kier alpha value is -2.75. The van der Waals surface area contributed by atoms with Crippen molar-refractivity contribution >= 4 is 11.5 Å². The number of ether oxygens (including phenoxy) is 2. The number of hydrogen-bond donors (Lipinski definition) is 1. The lowest BCUT2D eigenvalue weighted by Gasteiger charge is -2.08. The van der Waals surface area contributed by atoms with Gasteiger partial charge in [0.25, 0.3) is 0 Å². The van der Waals surface area contributed by atoms with Crippen LogP contribution in [0.4, 0.5) is 5.69 Å². The van der Waals surface area contributed by atoms with Crippen LogP contribution < -0.4 is 14.8 Å². The Morgan fingerprint density at radius 3 is 2.35 bits per heavy atom. The van der Waals surface area contributed by atoms with Crippen molar-refractivity contribution in [3.8, 4) is 11.5 Å². The van der Waals surface area contributed by atoms with Crippen molar-refractivity contribution in [2.75, 3.05) is 19.5 Å². The topological polar surface area (TPSA) is 47.6 Å². The molecule has 0 fully saturated rings. The molecule has 4 heteroatoms. The van der Waals surface area contributed by atoms with Crippen molar-refractivity contribution in [1.29, 1.82) is 0 Å². The molecule has 0 atom stereocenters. The summed E-state index contributed by atoms with van der Waals surface area (Å²) in [5, 5.41) is 3.11. The fourth-order valence-corrected chi connectivity index (χ4v) is 2.13. The van der Waals surface area contributed by atoms with Crippen LogP contribution in [-0.4, -0.2) is 20.0 Å². The summed E-state index contributed by atoms with van der Waals surface area (Å²) in [5.41, 5.74) is 3.93. The first-order chi connectivity index (χ1) is 11.0. The zero-order valence-corrected chi connectivity index (χ0v) is 13.8. The van der Waals surface area contributed by atoms with E-state index in [1.807, 2.05) is 18.2 Å². The van der Waals surface area contributed by atoms with E-state index in [4.69, 9.17) is 9.47 Å². The summed E-state index contributed by atoms with van der Waals surface area (Å²) >= 11 is 0. The number of nitrogens with one attached hydrogen (secondary N) is 1. The number of aryl methyl sites for hydroxylation is 2. The monoisotopic (exact) mass is 311 g/mol. The van der Waals surface area contributed by atoms with E-state index in [0.717, 1.165) is 5.69 Å². The third-order valence-electron chi connectivity index (χ3n) is 3.66. The number of ketones is 1. The molecule has 0 amide bonds. The first kappa shape index (κ1) is 16.6. The minimum absolute atomic E-state index is 0.109. The van der Waals surface area contributed by atoms with Crippen LogP contribution in [0, 0.1) is 13.8 Å². The Bertz CT molecular complexity index is 735. The molecular formula is C19H21NO3. The van der Waals surface area contributed by atoms with Gasteiger partial charge in [-0.2, -0.15) is 0 Å². The molecule has 0 saturated carbocycles. The Labute approximate surface area is 136 Å². The normalized spacial score (nSPS) is 10.6. The molecule has 2 aromatic carbocycles. The maximum Gasteiger partial charge on any atom is 0.187 e. The van der Waals surface area contributed by atoms with Crippen molar-refractivity contribution in [1.82, 2.24) is 0 Å². The van der Waals surface area contributed by atoms with Gasteiger partial charge in [0.1, 0.15) is 0 Å². The summed E-state index contributed by atoms with van der Waals surface area (Å²) in [5.74, 6) is 1.03. The first-order valence-electron chi connectivity index (χ1n) is 7.32. The summed E-state index contributed by atoms with van der Waals surface area (Å²) in [7, 11) is 3.11. The highest BCUT2D eigenvalue weighted by atomic mass is 16.5. The van der Waals surface area contributed by atoms with Crippen molar-refractivity contribution in [3.05, 3.63) is 65.4 Å². The summed E-state index contributed by atoms with van der Waals surface area (Å²) < 4.78 is 10.4. The maximum absolute atomic E-state index is 12.2. The minimum atomic E-state index is -0.109. The smallest absolute Gasteiger partial charge is 0.187 e. The van der Waals surface area contributed by atoms with Crippen molar-refractivity contribution in [3.63, 3.8) is 0 Å². The van der Waals surface area contributed by atoms with Gasteiger partial charge in [-0.05, 0) is 55.3 Å². The molecule has 4 nitrogen and oxygen atoms in total. The predicted octanol–water partition coefficient (Wildman–Crippen LogP) is 4.13. The molecule has 2 aromatic rings. The van der Waals surface area contributed by atoms with Gasteiger partial charge in [0.15, 0.2) is 17.3 Å². The molecule has 2 rings (SSSR count). The zero-order valence-electron chi connectivity index (χ0n) is 13.8. The molecule has 120 valence electrons. The zero-order chi connectivity index (χ0) is 16.8. The van der Waals surface area contributed by atoms with Crippen LogP contribution in [0.1, 0.15) is 21.5 Å². The van der Waals surface area contributed by atoms with Crippen LogP contribution >= 0.6 is 0 Å². The lowest BCUT2D eigenvalue weighted by atomic mass is 10.1. The molecule has 1 N–H and O–H groups in total. The summed E-state index contributed by atoms with van der Waals surface area (Å²) in [6.45, 7) is 4.12. The molecule has 0 heterocycles. The third kappa shape index (κ3) is 4.13. The van der Waals surface area contributed by atoms with E-state index in [0.29, 0.717) is 17.1 Å². The highest BCUT2D eigenvalue weighted by Crippen LogP contribution is 2.27. The Morgan fingerprint density at radius 2 is 1.70 bits per heavy atom. The summed E-state index contributed by atoms with van der Waals surface area (Å²) in [6.07, 6.45) is 3.14. The fourth-order valence-electron chi connectivity index (χ4n) is 2.13. The molecule has 0 aromatic heterocycles. The number of anilines is 1. The second kappa shape index (κ2) is 7.49. The van der Waals surface area contributed by atoms with Crippen LogP contribution in [0.15, 0.2) is 48.7 Å². The molecule has 0 bridgehead atoms. The van der Waals surface area contributed by atoms with Gasteiger partial charge < -0.3 is 14.8 Å². The number of rotatable bonds is 6. The average molecular weight is 311 g/mol. The number of methoxy groups -OCH3 is 2. The maximum atomic E-state index is 12.2. The molecule has 0 saturated heterocycles. The lowest BCUT2D eigenvalue weighted by molar-refractivity contribution is 0.104. The molecule has 0 aliphatic carbocycles. The van der Waals surface area contributed by atoms with Crippen LogP contribution in [0.25, 0.3) is 0 Å². The lowest BCUT2D eigenvalue weighted by Crippen LogP contribution is -1.99. The summed E-state index contributed by atoms with van der Waals surface area (Å²) in [4.78, 5) is 12.2. The van der Waals surface area contributed by atoms with E-state index in [1.54, 1.807) is 38.6 Å².